The third kappa shape index (κ3) is 6.52. The summed E-state index contributed by atoms with van der Waals surface area (Å²) in [6.07, 6.45) is -7.63. The molecule has 0 fully saturated rings. The van der Waals surface area contributed by atoms with Gasteiger partial charge in [-0.05, 0) is 0 Å². The minimum atomic E-state index is -2.80. The Labute approximate surface area is 131 Å². The summed E-state index contributed by atoms with van der Waals surface area (Å²) >= 11 is 0. The van der Waals surface area contributed by atoms with E-state index < -0.39 is 54.1 Å². The number of hydrogen-bond donors (Lipinski definition) is 5. The summed E-state index contributed by atoms with van der Waals surface area (Å²) in [5.41, 5.74) is 0. The van der Waals surface area contributed by atoms with E-state index in [2.05, 4.69) is 9.47 Å². The topological polar surface area (TPSA) is 222 Å². The molecule has 0 aliphatic rings. The minimum Gasteiger partial charge on any atom is -0.479 e. The Kier molecular flexibility index (Phi) is 7.56. The molecule has 0 aromatic heterocycles. The summed E-state index contributed by atoms with van der Waals surface area (Å²) in [6, 6.07) is 0. The first-order valence-electron chi connectivity index (χ1n) is 5.66. The standard InChI is InChI=1S/C11H10O13/c12-3(13)1-2-4(14)23-6(9(18)19)7(10(20)21)24-11(22)5(15)8(16)17/h1-2,5-7,15H,(H,12,13)(H,16,17)(H,18,19)(H,20,21)/b2-1-. The van der Waals surface area contributed by atoms with Crippen LogP contribution in [-0.2, 0) is 38.2 Å². The van der Waals surface area contributed by atoms with Crippen LogP contribution < -0.4 is 0 Å². The lowest BCUT2D eigenvalue weighted by Gasteiger charge is -2.20. The molecule has 0 aliphatic heterocycles. The van der Waals surface area contributed by atoms with Gasteiger partial charge in [0.25, 0.3) is 0 Å². The fraction of sp³-hybridized carbons (Fsp3) is 0.273. The highest BCUT2D eigenvalue weighted by Gasteiger charge is 2.42. The second-order valence-corrected chi connectivity index (χ2v) is 3.80. The molecule has 0 aromatic carbocycles. The van der Waals surface area contributed by atoms with Crippen LogP contribution >= 0.6 is 0 Å². The van der Waals surface area contributed by atoms with Gasteiger partial charge >= 0.3 is 35.8 Å². The molecule has 0 aromatic rings. The average molecular weight is 350 g/mol. The molecule has 0 amide bonds. The molecule has 3 unspecified atom stereocenters. The highest BCUT2D eigenvalue weighted by Crippen LogP contribution is 2.09. The molecule has 24 heavy (non-hydrogen) atoms. The Hall–Kier alpha value is -3.48. The van der Waals surface area contributed by atoms with E-state index in [0.29, 0.717) is 0 Å². The van der Waals surface area contributed by atoms with Gasteiger partial charge in [-0.1, -0.05) is 0 Å². The fourth-order valence-corrected chi connectivity index (χ4v) is 1.08. The maximum absolute atomic E-state index is 11.2. The van der Waals surface area contributed by atoms with E-state index in [4.69, 9.17) is 25.5 Å². The average Bonchev–Trinajstić information content (AvgIpc) is 2.46. The van der Waals surface area contributed by atoms with E-state index >= 15 is 0 Å². The van der Waals surface area contributed by atoms with Gasteiger partial charge in [0.2, 0.25) is 18.3 Å². The van der Waals surface area contributed by atoms with Crippen molar-refractivity contribution in [3.63, 3.8) is 0 Å². The predicted octanol–water partition coefficient (Wildman–Crippen LogP) is -2.93. The molecular weight excluding hydrogens is 340 g/mol. The fourth-order valence-electron chi connectivity index (χ4n) is 1.08. The molecule has 13 heteroatoms. The van der Waals surface area contributed by atoms with Crippen LogP contribution in [0, 0.1) is 0 Å². The first kappa shape index (κ1) is 20.5. The molecule has 0 aliphatic carbocycles. The quantitative estimate of drug-likeness (QED) is 0.160. The van der Waals surface area contributed by atoms with Gasteiger partial charge in [-0.25, -0.2) is 28.8 Å². The van der Waals surface area contributed by atoms with Crippen LogP contribution in [0.15, 0.2) is 12.2 Å². The first-order valence-corrected chi connectivity index (χ1v) is 5.66. The summed E-state index contributed by atoms with van der Waals surface area (Å²) in [4.78, 5) is 64.8. The summed E-state index contributed by atoms with van der Waals surface area (Å²) < 4.78 is 8.17. The first-order chi connectivity index (χ1) is 11.0. The van der Waals surface area contributed by atoms with Gasteiger partial charge in [0.05, 0.1) is 0 Å². The van der Waals surface area contributed by atoms with Crippen molar-refractivity contribution in [3.05, 3.63) is 12.2 Å². The van der Waals surface area contributed by atoms with E-state index in [1.54, 1.807) is 0 Å². The lowest BCUT2D eigenvalue weighted by Crippen LogP contribution is -2.47. The normalized spacial score (nSPS) is 14.2. The van der Waals surface area contributed by atoms with Crippen molar-refractivity contribution in [1.29, 1.82) is 0 Å². The van der Waals surface area contributed by atoms with Crippen LogP contribution in [-0.4, -0.2) is 79.7 Å². The molecule has 0 heterocycles. The second-order valence-electron chi connectivity index (χ2n) is 3.80. The number of hydrogen-bond acceptors (Lipinski definition) is 9. The van der Waals surface area contributed by atoms with Crippen molar-refractivity contribution in [2.45, 2.75) is 18.3 Å². The predicted molar refractivity (Wildman–Crippen MR) is 65.5 cm³/mol. The van der Waals surface area contributed by atoms with Crippen LogP contribution in [0.3, 0.4) is 0 Å². The van der Waals surface area contributed by atoms with Crippen molar-refractivity contribution < 1.29 is 63.8 Å². The zero-order valence-electron chi connectivity index (χ0n) is 11.4. The molecule has 3 atom stereocenters. The number of aliphatic hydroxyl groups excluding tert-OH is 1. The Bertz CT molecular complexity index is 589. The van der Waals surface area contributed by atoms with Crippen LogP contribution in [0.25, 0.3) is 0 Å². The van der Waals surface area contributed by atoms with Gasteiger partial charge in [0.15, 0.2) is 0 Å². The van der Waals surface area contributed by atoms with Gasteiger partial charge in [-0.2, -0.15) is 0 Å². The van der Waals surface area contributed by atoms with E-state index in [1.807, 2.05) is 0 Å². The maximum atomic E-state index is 11.2. The number of rotatable bonds is 9. The summed E-state index contributed by atoms with van der Waals surface area (Å²) in [5.74, 6) is -11.5. The number of aliphatic hydroxyl groups is 1. The number of ether oxygens (including phenoxy) is 2. The summed E-state index contributed by atoms with van der Waals surface area (Å²) in [6.45, 7) is 0. The summed E-state index contributed by atoms with van der Waals surface area (Å²) in [5, 5.41) is 43.2. The zero-order chi connectivity index (χ0) is 19.0. The van der Waals surface area contributed by atoms with Gasteiger partial charge in [-0.15, -0.1) is 0 Å². The lowest BCUT2D eigenvalue weighted by molar-refractivity contribution is -0.191. The van der Waals surface area contributed by atoms with E-state index in [9.17, 15) is 28.8 Å². The molecule has 13 nitrogen and oxygen atoms in total. The van der Waals surface area contributed by atoms with Crippen LogP contribution in [0.5, 0.6) is 0 Å². The number of esters is 2. The molecular formula is C11H10O13. The molecule has 0 bridgehead atoms. The Morgan fingerprint density at radius 1 is 0.708 bits per heavy atom. The third-order valence-corrected chi connectivity index (χ3v) is 2.07. The second kappa shape index (κ2) is 8.84. The lowest BCUT2D eigenvalue weighted by atomic mass is 10.2. The molecule has 0 rings (SSSR count). The number of aliphatic carboxylic acids is 4. The van der Waals surface area contributed by atoms with Gasteiger partial charge in [0, 0.05) is 12.2 Å². The SMILES string of the molecule is O=C(O)/C=C\C(=O)OC(C(=O)O)C(OC(=O)C(O)C(=O)O)C(=O)O. The van der Waals surface area contributed by atoms with Crippen molar-refractivity contribution in [2.24, 2.45) is 0 Å². The minimum absolute atomic E-state index is 0.255. The van der Waals surface area contributed by atoms with Crippen molar-refractivity contribution in [2.75, 3.05) is 0 Å². The van der Waals surface area contributed by atoms with Crippen molar-refractivity contribution in [3.8, 4) is 0 Å². The Morgan fingerprint density at radius 3 is 1.54 bits per heavy atom. The third-order valence-electron chi connectivity index (χ3n) is 2.07. The Balaban J connectivity index is 5.32. The molecule has 0 saturated carbocycles. The monoisotopic (exact) mass is 350 g/mol. The smallest absolute Gasteiger partial charge is 0.349 e. The molecule has 0 saturated heterocycles. The van der Waals surface area contributed by atoms with Crippen molar-refractivity contribution >= 4 is 35.8 Å². The number of carboxylic acid groups (broad SMARTS) is 4. The van der Waals surface area contributed by atoms with Gasteiger partial charge in [-0.3, -0.25) is 0 Å². The van der Waals surface area contributed by atoms with E-state index in [-0.39, 0.29) is 12.2 Å². The van der Waals surface area contributed by atoms with E-state index in [0.717, 1.165) is 0 Å². The highest BCUT2D eigenvalue weighted by molar-refractivity contribution is 5.98. The van der Waals surface area contributed by atoms with Crippen LogP contribution in [0.2, 0.25) is 0 Å². The number of carbonyl (C=O) groups is 6. The van der Waals surface area contributed by atoms with Crippen LogP contribution in [0.1, 0.15) is 0 Å². The van der Waals surface area contributed by atoms with Crippen LogP contribution in [0.4, 0.5) is 0 Å². The molecule has 0 spiro atoms. The van der Waals surface area contributed by atoms with E-state index in [1.165, 1.54) is 0 Å². The molecule has 0 radical (unpaired) electrons. The summed E-state index contributed by atoms with van der Waals surface area (Å²) in [7, 11) is 0. The molecule has 132 valence electrons. The maximum Gasteiger partial charge on any atom is 0.349 e. The van der Waals surface area contributed by atoms with Crippen molar-refractivity contribution in [1.82, 2.24) is 0 Å². The Morgan fingerprint density at radius 2 is 1.17 bits per heavy atom. The molecule has 5 N–H and O–H groups in total. The number of carboxylic acids is 4. The largest absolute Gasteiger partial charge is 0.479 e. The van der Waals surface area contributed by atoms with Gasteiger partial charge < -0.3 is 35.0 Å². The zero-order valence-corrected chi connectivity index (χ0v) is 11.4. The number of carbonyl (C=O) groups excluding carboxylic acids is 2. The van der Waals surface area contributed by atoms with Gasteiger partial charge in [0.1, 0.15) is 0 Å². The highest BCUT2D eigenvalue weighted by atomic mass is 16.6.